The molecule has 1 unspecified atom stereocenters. The van der Waals surface area contributed by atoms with E-state index in [1.165, 1.54) is 6.07 Å². The van der Waals surface area contributed by atoms with Gasteiger partial charge >= 0.3 is 12.1 Å². The van der Waals surface area contributed by atoms with Crippen LogP contribution in [0.4, 0.5) is 18.9 Å². The van der Waals surface area contributed by atoms with Crippen LogP contribution in [-0.2, 0) is 16.1 Å². The molecule has 0 heterocycles. The second-order valence-corrected chi connectivity index (χ2v) is 7.46. The van der Waals surface area contributed by atoms with Crippen LogP contribution in [0.15, 0.2) is 78.9 Å². The van der Waals surface area contributed by atoms with Crippen molar-refractivity contribution in [3.63, 3.8) is 0 Å². The smallest absolute Gasteiger partial charge is 0.475 e. The van der Waals surface area contributed by atoms with Gasteiger partial charge in [0, 0.05) is 23.4 Å². The quantitative estimate of drug-likeness (QED) is 0.324. The first-order valence-corrected chi connectivity index (χ1v) is 10.6. The van der Waals surface area contributed by atoms with E-state index in [1.807, 2.05) is 12.1 Å². The van der Waals surface area contributed by atoms with Crippen LogP contribution >= 0.6 is 0 Å². The summed E-state index contributed by atoms with van der Waals surface area (Å²) in [6.07, 6.45) is -5.08. The molecule has 3 aromatic carbocycles. The predicted molar refractivity (Wildman–Crippen MR) is 128 cm³/mol. The molecule has 0 saturated carbocycles. The van der Waals surface area contributed by atoms with Gasteiger partial charge in [-0.1, -0.05) is 48.5 Å². The molecule has 0 aliphatic rings. The molecule has 0 aromatic heterocycles. The van der Waals surface area contributed by atoms with Gasteiger partial charge in [-0.3, -0.25) is 14.4 Å². The minimum atomic E-state index is -5.08. The Morgan fingerprint density at radius 1 is 0.865 bits per heavy atom. The zero-order valence-electron chi connectivity index (χ0n) is 19.2. The number of benzene rings is 3. The average Bonchev–Trinajstić information content (AvgIpc) is 2.87. The van der Waals surface area contributed by atoms with Crippen LogP contribution in [0.25, 0.3) is 0 Å². The van der Waals surface area contributed by atoms with E-state index in [0.717, 1.165) is 5.56 Å². The number of primary amides is 1. The minimum absolute atomic E-state index is 0.270. The lowest BCUT2D eigenvalue weighted by molar-refractivity contribution is -0.192. The minimum Gasteiger partial charge on any atom is -0.475 e. The molecular formula is C25H23F3N4O5. The molecule has 0 aliphatic heterocycles. The standard InChI is InChI=1S/C23H22N4O3.C2HF3O2/c24-14-15-6-4-10-18(12-15)22(29)27-20(16-7-2-1-3-8-16)23(30)26-19-11-5-9-17(13-19)21(25)28;3-2(4,5)1(6)7/h1-13,20H,14,24H2,(H2,25,28)(H,26,30)(H,27,29);(H,6,7). The van der Waals surface area contributed by atoms with E-state index in [0.29, 0.717) is 23.4 Å². The predicted octanol–water partition coefficient (Wildman–Crippen LogP) is 2.99. The molecule has 0 aliphatic carbocycles. The summed E-state index contributed by atoms with van der Waals surface area (Å²) in [5.41, 5.74) is 13.5. The Morgan fingerprint density at radius 2 is 1.46 bits per heavy atom. The van der Waals surface area contributed by atoms with Crippen molar-refractivity contribution >= 4 is 29.4 Å². The van der Waals surface area contributed by atoms with Gasteiger partial charge in [-0.25, -0.2) is 4.79 Å². The first-order valence-electron chi connectivity index (χ1n) is 10.6. The van der Waals surface area contributed by atoms with Gasteiger partial charge < -0.3 is 27.2 Å². The summed E-state index contributed by atoms with van der Waals surface area (Å²) in [5, 5.41) is 12.6. The molecule has 3 rings (SSSR count). The summed E-state index contributed by atoms with van der Waals surface area (Å²) in [7, 11) is 0. The number of aliphatic carboxylic acids is 1. The van der Waals surface area contributed by atoms with E-state index < -0.39 is 35.9 Å². The van der Waals surface area contributed by atoms with Crippen LogP contribution in [0.2, 0.25) is 0 Å². The summed E-state index contributed by atoms with van der Waals surface area (Å²) in [6, 6.07) is 21.1. The maximum Gasteiger partial charge on any atom is 0.490 e. The zero-order chi connectivity index (χ0) is 27.6. The Bertz CT molecular complexity index is 1270. The number of anilines is 1. The van der Waals surface area contributed by atoms with Crippen LogP contribution in [0.1, 0.15) is 37.9 Å². The number of carboxylic acids is 1. The summed E-state index contributed by atoms with van der Waals surface area (Å²) in [5.74, 6) is -4.21. The van der Waals surface area contributed by atoms with Crippen LogP contribution in [0.5, 0.6) is 0 Å². The fourth-order valence-electron chi connectivity index (χ4n) is 2.96. The first-order chi connectivity index (χ1) is 17.4. The second-order valence-electron chi connectivity index (χ2n) is 7.46. The molecule has 0 spiro atoms. The number of nitrogens with one attached hydrogen (secondary N) is 2. The number of alkyl halides is 3. The molecule has 9 nitrogen and oxygen atoms in total. The Kier molecular flexibility index (Phi) is 9.90. The summed E-state index contributed by atoms with van der Waals surface area (Å²) in [4.78, 5) is 46.1. The van der Waals surface area contributed by atoms with Crippen LogP contribution < -0.4 is 22.1 Å². The van der Waals surface area contributed by atoms with Crippen molar-refractivity contribution in [1.82, 2.24) is 5.32 Å². The third-order valence-corrected chi connectivity index (χ3v) is 4.75. The molecule has 0 radical (unpaired) electrons. The van der Waals surface area contributed by atoms with Crippen molar-refractivity contribution in [2.24, 2.45) is 11.5 Å². The maximum absolute atomic E-state index is 13.0. The van der Waals surface area contributed by atoms with Crippen molar-refractivity contribution < 1.29 is 37.5 Å². The molecule has 3 aromatic rings. The molecule has 3 amide bonds. The van der Waals surface area contributed by atoms with E-state index in [2.05, 4.69) is 10.6 Å². The number of amides is 3. The summed E-state index contributed by atoms with van der Waals surface area (Å²) >= 11 is 0. The fourth-order valence-corrected chi connectivity index (χ4v) is 2.96. The lowest BCUT2D eigenvalue weighted by Crippen LogP contribution is -2.37. The van der Waals surface area contributed by atoms with E-state index in [9.17, 15) is 27.6 Å². The Morgan fingerprint density at radius 3 is 2.03 bits per heavy atom. The van der Waals surface area contributed by atoms with E-state index >= 15 is 0 Å². The van der Waals surface area contributed by atoms with Gasteiger partial charge in [0.15, 0.2) is 0 Å². The Labute approximate surface area is 209 Å². The lowest BCUT2D eigenvalue weighted by Gasteiger charge is -2.19. The van der Waals surface area contributed by atoms with Gasteiger partial charge in [0.25, 0.3) is 11.8 Å². The topological polar surface area (TPSA) is 165 Å². The maximum atomic E-state index is 13.0. The largest absolute Gasteiger partial charge is 0.490 e. The highest BCUT2D eigenvalue weighted by atomic mass is 19.4. The number of nitrogens with two attached hydrogens (primary N) is 2. The number of carbonyl (C=O) groups excluding carboxylic acids is 3. The Hall–Kier alpha value is -4.71. The van der Waals surface area contributed by atoms with Crippen LogP contribution in [0, 0.1) is 0 Å². The van der Waals surface area contributed by atoms with Gasteiger partial charge in [0.1, 0.15) is 6.04 Å². The van der Waals surface area contributed by atoms with E-state index in [4.69, 9.17) is 21.4 Å². The van der Waals surface area contributed by atoms with Gasteiger partial charge in [0.05, 0.1) is 0 Å². The van der Waals surface area contributed by atoms with Crippen molar-refractivity contribution in [3.8, 4) is 0 Å². The summed E-state index contributed by atoms with van der Waals surface area (Å²) in [6.45, 7) is 0.305. The van der Waals surface area contributed by atoms with Gasteiger partial charge in [-0.05, 0) is 41.5 Å². The van der Waals surface area contributed by atoms with Crippen LogP contribution in [-0.4, -0.2) is 35.0 Å². The van der Waals surface area contributed by atoms with Crippen molar-refractivity contribution in [3.05, 3.63) is 101 Å². The van der Waals surface area contributed by atoms with E-state index in [1.54, 1.807) is 60.7 Å². The highest BCUT2D eigenvalue weighted by Crippen LogP contribution is 2.18. The molecule has 0 fully saturated rings. The molecule has 0 saturated heterocycles. The highest BCUT2D eigenvalue weighted by Gasteiger charge is 2.38. The SMILES string of the molecule is NCc1cccc(C(=O)NC(C(=O)Nc2cccc(C(N)=O)c2)c2ccccc2)c1.O=C(O)C(F)(F)F. The normalized spacial score (nSPS) is 11.4. The zero-order valence-corrected chi connectivity index (χ0v) is 19.2. The third-order valence-electron chi connectivity index (χ3n) is 4.75. The first kappa shape index (κ1) is 28.5. The molecular weight excluding hydrogens is 493 g/mol. The molecule has 37 heavy (non-hydrogen) atoms. The van der Waals surface area contributed by atoms with Gasteiger partial charge in [-0.15, -0.1) is 0 Å². The molecule has 12 heteroatoms. The number of carbonyl (C=O) groups is 4. The highest BCUT2D eigenvalue weighted by molar-refractivity contribution is 6.02. The second kappa shape index (κ2) is 12.8. The van der Waals surface area contributed by atoms with Crippen molar-refractivity contribution in [2.45, 2.75) is 18.8 Å². The molecule has 194 valence electrons. The number of carboxylic acid groups (broad SMARTS) is 1. The molecule has 1 atom stereocenters. The third kappa shape index (κ3) is 8.78. The number of hydrogen-bond donors (Lipinski definition) is 5. The molecule has 7 N–H and O–H groups in total. The number of hydrogen-bond acceptors (Lipinski definition) is 5. The van der Waals surface area contributed by atoms with Gasteiger partial charge in [-0.2, -0.15) is 13.2 Å². The number of rotatable bonds is 7. The number of halogens is 3. The fraction of sp³-hybridized carbons (Fsp3) is 0.120. The lowest BCUT2D eigenvalue weighted by atomic mass is 10.0. The monoisotopic (exact) mass is 516 g/mol. The van der Waals surface area contributed by atoms with E-state index in [-0.39, 0.29) is 5.56 Å². The van der Waals surface area contributed by atoms with Crippen molar-refractivity contribution in [2.75, 3.05) is 5.32 Å². The van der Waals surface area contributed by atoms with Gasteiger partial charge in [0.2, 0.25) is 5.91 Å². The molecule has 0 bridgehead atoms. The Balaban J connectivity index is 0.000000604. The van der Waals surface area contributed by atoms with Crippen molar-refractivity contribution in [1.29, 1.82) is 0 Å². The summed E-state index contributed by atoms with van der Waals surface area (Å²) < 4.78 is 31.7. The average molecular weight is 516 g/mol. The van der Waals surface area contributed by atoms with Crippen LogP contribution in [0.3, 0.4) is 0 Å².